The summed E-state index contributed by atoms with van der Waals surface area (Å²) in [4.78, 5) is 27.4. The molecule has 0 radical (unpaired) electrons. The van der Waals surface area contributed by atoms with E-state index in [1.54, 1.807) is 0 Å². The maximum absolute atomic E-state index is 12.2. The van der Waals surface area contributed by atoms with Gasteiger partial charge in [-0.2, -0.15) is 0 Å². The van der Waals surface area contributed by atoms with Gasteiger partial charge in [0.2, 0.25) is 0 Å². The molecule has 8 heteroatoms. The van der Waals surface area contributed by atoms with E-state index in [-0.39, 0.29) is 22.1 Å². The zero-order chi connectivity index (χ0) is 14.2. The minimum absolute atomic E-state index is 0.0618. The average molecular weight is 305 g/mol. The fourth-order valence-electron chi connectivity index (χ4n) is 2.05. The fourth-order valence-corrected chi connectivity index (χ4v) is 3.99. The monoisotopic (exact) mass is 304 g/mol. The van der Waals surface area contributed by atoms with E-state index in [1.807, 2.05) is 0 Å². The molecule has 6 nitrogen and oxygen atoms in total. The van der Waals surface area contributed by atoms with Crippen LogP contribution in [0.15, 0.2) is 17.1 Å². The maximum Gasteiger partial charge on any atom is 0.260 e. The Bertz CT molecular complexity index is 668. The van der Waals surface area contributed by atoms with Gasteiger partial charge in [-0.25, -0.2) is 8.42 Å². The molecule has 1 aromatic rings. The molecule has 1 saturated heterocycles. The lowest BCUT2D eigenvalue weighted by Crippen LogP contribution is -2.40. The SMILES string of the molecule is CN(C(=O)c1cc(Cl)c[nH]c1=O)C1CCS(=O)(=O)C1. The zero-order valence-corrected chi connectivity index (χ0v) is 11.8. The third kappa shape index (κ3) is 2.98. The van der Waals surface area contributed by atoms with Crippen LogP contribution in [-0.4, -0.2) is 48.8 Å². The summed E-state index contributed by atoms with van der Waals surface area (Å²) in [5.74, 6) is -0.514. The number of carbonyl (C=O) groups is 1. The molecule has 2 rings (SSSR count). The lowest BCUT2D eigenvalue weighted by atomic mass is 10.2. The topological polar surface area (TPSA) is 87.3 Å². The number of aromatic nitrogens is 1. The third-order valence-corrected chi connectivity index (χ3v) is 5.14. The molecule has 0 bridgehead atoms. The molecule has 1 fully saturated rings. The van der Waals surface area contributed by atoms with Gasteiger partial charge >= 0.3 is 0 Å². The Morgan fingerprint density at radius 3 is 2.79 bits per heavy atom. The normalized spacial score (nSPS) is 21.3. The second kappa shape index (κ2) is 4.97. The first kappa shape index (κ1) is 14.1. The van der Waals surface area contributed by atoms with Crippen LogP contribution in [0.3, 0.4) is 0 Å². The first-order chi connectivity index (χ1) is 8.80. The van der Waals surface area contributed by atoms with Crippen LogP contribution >= 0.6 is 11.6 Å². The van der Waals surface area contributed by atoms with E-state index in [1.165, 1.54) is 24.2 Å². The molecule has 2 heterocycles. The van der Waals surface area contributed by atoms with Gasteiger partial charge in [0.15, 0.2) is 9.84 Å². The van der Waals surface area contributed by atoms with Gasteiger partial charge in [-0.15, -0.1) is 0 Å². The Labute approximate surface area is 115 Å². The van der Waals surface area contributed by atoms with Crippen molar-refractivity contribution >= 4 is 27.3 Å². The minimum Gasteiger partial charge on any atom is -0.337 e. The van der Waals surface area contributed by atoms with Crippen molar-refractivity contribution in [3.05, 3.63) is 33.2 Å². The molecule has 1 aliphatic rings. The van der Waals surface area contributed by atoms with E-state index in [2.05, 4.69) is 4.98 Å². The number of hydrogen-bond acceptors (Lipinski definition) is 4. The highest BCUT2D eigenvalue weighted by Crippen LogP contribution is 2.18. The number of amides is 1. The molecule has 104 valence electrons. The Kier molecular flexibility index (Phi) is 3.69. The van der Waals surface area contributed by atoms with Crippen molar-refractivity contribution in [1.29, 1.82) is 0 Å². The number of nitrogens with one attached hydrogen (secondary N) is 1. The van der Waals surface area contributed by atoms with Crippen LogP contribution in [-0.2, 0) is 9.84 Å². The molecule has 1 aliphatic heterocycles. The predicted octanol–water partition coefficient (Wildman–Crippen LogP) is 0.287. The number of pyridine rings is 1. The van der Waals surface area contributed by atoms with Crippen molar-refractivity contribution < 1.29 is 13.2 Å². The molecule has 0 aliphatic carbocycles. The quantitative estimate of drug-likeness (QED) is 0.850. The van der Waals surface area contributed by atoms with Gasteiger partial charge < -0.3 is 9.88 Å². The summed E-state index contributed by atoms with van der Waals surface area (Å²) in [6, 6.07) is 0.888. The summed E-state index contributed by atoms with van der Waals surface area (Å²) in [5.41, 5.74) is -0.624. The Balaban J connectivity index is 2.25. The van der Waals surface area contributed by atoms with Crippen LogP contribution in [0.2, 0.25) is 5.02 Å². The van der Waals surface area contributed by atoms with E-state index in [9.17, 15) is 18.0 Å². The van der Waals surface area contributed by atoms with Crippen LogP contribution in [0.4, 0.5) is 0 Å². The molecule has 0 saturated carbocycles. The first-order valence-corrected chi connectivity index (χ1v) is 7.86. The first-order valence-electron chi connectivity index (χ1n) is 5.66. The number of hydrogen-bond donors (Lipinski definition) is 1. The summed E-state index contributed by atoms with van der Waals surface area (Å²) in [6.45, 7) is 0. The summed E-state index contributed by atoms with van der Waals surface area (Å²) < 4.78 is 22.8. The predicted molar refractivity (Wildman–Crippen MR) is 71.2 cm³/mol. The largest absolute Gasteiger partial charge is 0.337 e. The third-order valence-electron chi connectivity index (χ3n) is 3.17. The lowest BCUT2D eigenvalue weighted by Gasteiger charge is -2.23. The highest BCUT2D eigenvalue weighted by molar-refractivity contribution is 7.91. The van der Waals surface area contributed by atoms with Crippen molar-refractivity contribution in [2.24, 2.45) is 0 Å². The number of aromatic amines is 1. The molecular weight excluding hydrogens is 292 g/mol. The van der Waals surface area contributed by atoms with Crippen molar-refractivity contribution in [3.63, 3.8) is 0 Å². The second-order valence-electron chi connectivity index (χ2n) is 4.53. The smallest absolute Gasteiger partial charge is 0.260 e. The zero-order valence-electron chi connectivity index (χ0n) is 10.2. The Morgan fingerprint density at radius 2 is 2.21 bits per heavy atom. The van der Waals surface area contributed by atoms with E-state index < -0.39 is 27.3 Å². The summed E-state index contributed by atoms with van der Waals surface area (Å²) in [5, 5.41) is 0.246. The van der Waals surface area contributed by atoms with Crippen molar-refractivity contribution in [3.8, 4) is 0 Å². The average Bonchev–Trinajstić information content (AvgIpc) is 2.71. The molecule has 1 aromatic heterocycles. The van der Waals surface area contributed by atoms with Gasteiger partial charge in [0.25, 0.3) is 11.5 Å². The molecule has 1 N–H and O–H groups in total. The summed E-state index contributed by atoms with van der Waals surface area (Å²) >= 11 is 5.73. The van der Waals surface area contributed by atoms with Gasteiger partial charge in [0.1, 0.15) is 5.56 Å². The van der Waals surface area contributed by atoms with Crippen molar-refractivity contribution in [1.82, 2.24) is 9.88 Å². The Hall–Kier alpha value is -1.34. The summed E-state index contributed by atoms with van der Waals surface area (Å²) in [6.07, 6.45) is 1.68. The van der Waals surface area contributed by atoms with Crippen molar-refractivity contribution in [2.45, 2.75) is 12.5 Å². The van der Waals surface area contributed by atoms with Gasteiger partial charge in [0, 0.05) is 19.3 Å². The van der Waals surface area contributed by atoms with Gasteiger partial charge in [-0.05, 0) is 12.5 Å². The number of halogens is 1. The van der Waals surface area contributed by atoms with Crippen LogP contribution in [0.25, 0.3) is 0 Å². The number of H-pyrrole nitrogens is 1. The number of rotatable bonds is 2. The molecule has 0 spiro atoms. The standard InChI is InChI=1S/C11H13ClN2O4S/c1-14(8-2-3-19(17,18)6-8)11(16)9-4-7(12)5-13-10(9)15/h4-5,8H,2-3,6H2,1H3,(H,13,15). The second-order valence-corrected chi connectivity index (χ2v) is 7.20. The van der Waals surface area contributed by atoms with E-state index in [0.717, 1.165) is 0 Å². The molecule has 19 heavy (non-hydrogen) atoms. The number of sulfone groups is 1. The van der Waals surface area contributed by atoms with Crippen LogP contribution in [0, 0.1) is 0 Å². The molecule has 1 unspecified atom stereocenters. The maximum atomic E-state index is 12.2. The fraction of sp³-hybridized carbons (Fsp3) is 0.455. The van der Waals surface area contributed by atoms with Gasteiger partial charge in [-0.1, -0.05) is 11.6 Å². The number of nitrogens with zero attached hydrogens (tertiary/aromatic N) is 1. The highest BCUT2D eigenvalue weighted by atomic mass is 35.5. The molecular formula is C11H13ClN2O4S. The highest BCUT2D eigenvalue weighted by Gasteiger charge is 2.33. The van der Waals surface area contributed by atoms with Gasteiger partial charge in [-0.3, -0.25) is 9.59 Å². The number of carbonyl (C=O) groups excluding carboxylic acids is 1. The van der Waals surface area contributed by atoms with E-state index in [0.29, 0.717) is 6.42 Å². The van der Waals surface area contributed by atoms with E-state index >= 15 is 0 Å². The van der Waals surface area contributed by atoms with Crippen LogP contribution < -0.4 is 5.56 Å². The summed E-state index contributed by atoms with van der Waals surface area (Å²) in [7, 11) is -1.59. The molecule has 1 atom stereocenters. The molecule has 1 amide bonds. The van der Waals surface area contributed by atoms with Gasteiger partial charge in [0.05, 0.1) is 16.5 Å². The van der Waals surface area contributed by atoms with E-state index in [4.69, 9.17) is 11.6 Å². The lowest BCUT2D eigenvalue weighted by molar-refractivity contribution is 0.0746. The Morgan fingerprint density at radius 1 is 1.53 bits per heavy atom. The minimum atomic E-state index is -3.08. The van der Waals surface area contributed by atoms with Crippen LogP contribution in [0.1, 0.15) is 16.8 Å². The molecule has 0 aromatic carbocycles. The van der Waals surface area contributed by atoms with Crippen LogP contribution in [0.5, 0.6) is 0 Å². The van der Waals surface area contributed by atoms with Crippen molar-refractivity contribution in [2.75, 3.05) is 18.6 Å².